The van der Waals surface area contributed by atoms with E-state index in [4.69, 9.17) is 9.47 Å². The van der Waals surface area contributed by atoms with Gasteiger partial charge >= 0.3 is 0 Å². The molecule has 1 aliphatic heterocycles. The zero-order valence-corrected chi connectivity index (χ0v) is 17.0. The summed E-state index contributed by atoms with van der Waals surface area (Å²) in [7, 11) is 3.21. The molecule has 1 N–H and O–H groups in total. The van der Waals surface area contributed by atoms with Gasteiger partial charge in [0, 0.05) is 17.2 Å². The minimum absolute atomic E-state index is 0.116. The Hall–Kier alpha value is -3.00. The number of amides is 1. The van der Waals surface area contributed by atoms with Crippen LogP contribution in [0, 0.1) is 12.7 Å². The van der Waals surface area contributed by atoms with Crippen LogP contribution in [0.3, 0.4) is 0 Å². The number of nitrogens with zero attached hydrogens (tertiary/aromatic N) is 2. The second-order valence-electron chi connectivity index (χ2n) is 6.58. The molecule has 1 unspecified atom stereocenters. The smallest absolute Gasteiger partial charge is 0.235 e. The zero-order chi connectivity index (χ0) is 20.5. The molecule has 0 spiro atoms. The molecule has 1 atom stereocenters. The Morgan fingerprint density at radius 2 is 1.93 bits per heavy atom. The van der Waals surface area contributed by atoms with E-state index < -0.39 is 0 Å². The number of hydrogen-bond donors (Lipinski definition) is 1. The Morgan fingerprint density at radius 1 is 1.17 bits per heavy atom. The summed E-state index contributed by atoms with van der Waals surface area (Å²) in [5.74, 6) is 1.80. The summed E-state index contributed by atoms with van der Waals surface area (Å²) in [6, 6.07) is 11.7. The number of ether oxygens (including phenoxy) is 2. The molecule has 8 heteroatoms. The van der Waals surface area contributed by atoms with Crippen LogP contribution in [0.5, 0.6) is 11.5 Å². The van der Waals surface area contributed by atoms with Crippen molar-refractivity contribution in [2.24, 2.45) is 0 Å². The van der Waals surface area contributed by atoms with Gasteiger partial charge in [0.2, 0.25) is 5.91 Å². The van der Waals surface area contributed by atoms with E-state index in [1.807, 2.05) is 25.1 Å². The second kappa shape index (κ2) is 7.79. The first-order valence-electron chi connectivity index (χ1n) is 9.00. The third kappa shape index (κ3) is 3.55. The number of halogens is 1. The first kappa shape index (κ1) is 19.3. The number of benzene rings is 2. The fourth-order valence-electron chi connectivity index (χ4n) is 3.43. The van der Waals surface area contributed by atoms with Crippen molar-refractivity contribution in [3.63, 3.8) is 0 Å². The van der Waals surface area contributed by atoms with Crippen molar-refractivity contribution < 1.29 is 18.7 Å². The van der Waals surface area contributed by atoms with E-state index in [9.17, 15) is 9.18 Å². The minimum atomic E-state index is -0.329. The predicted octanol–water partition coefficient (Wildman–Crippen LogP) is 4.11. The van der Waals surface area contributed by atoms with E-state index in [1.165, 1.54) is 23.9 Å². The van der Waals surface area contributed by atoms with Crippen molar-refractivity contribution in [2.45, 2.75) is 12.2 Å². The molecule has 4 rings (SSSR count). The molecule has 0 aliphatic carbocycles. The number of fused-ring (bicyclic) bond motifs is 1. The van der Waals surface area contributed by atoms with Crippen molar-refractivity contribution in [1.29, 1.82) is 0 Å². The molecule has 2 heterocycles. The van der Waals surface area contributed by atoms with Gasteiger partial charge in [-0.15, -0.1) is 11.8 Å². The molecule has 1 aliphatic rings. The Labute approximate surface area is 172 Å². The van der Waals surface area contributed by atoms with Gasteiger partial charge in [0.25, 0.3) is 0 Å². The number of hydrogen-bond acceptors (Lipinski definition) is 5. The van der Waals surface area contributed by atoms with Crippen molar-refractivity contribution in [2.75, 3.05) is 25.3 Å². The molecular formula is C21H20FN3O3S. The summed E-state index contributed by atoms with van der Waals surface area (Å²) in [6.07, 6.45) is 0. The summed E-state index contributed by atoms with van der Waals surface area (Å²) in [5.41, 5.74) is 3.27. The van der Waals surface area contributed by atoms with Crippen LogP contribution in [-0.4, -0.2) is 35.7 Å². The van der Waals surface area contributed by atoms with Gasteiger partial charge in [0.05, 0.1) is 36.6 Å². The van der Waals surface area contributed by atoms with Gasteiger partial charge in [0.1, 0.15) is 23.1 Å². The number of anilines is 1. The molecule has 1 aromatic heterocycles. The van der Waals surface area contributed by atoms with Gasteiger partial charge in [-0.3, -0.25) is 4.79 Å². The Morgan fingerprint density at radius 3 is 2.62 bits per heavy atom. The van der Waals surface area contributed by atoms with E-state index >= 15 is 0 Å². The predicted molar refractivity (Wildman–Crippen MR) is 111 cm³/mol. The quantitative estimate of drug-likeness (QED) is 0.697. The third-order valence-electron chi connectivity index (χ3n) is 4.80. The Balaban J connectivity index is 1.88. The number of carbonyl (C=O) groups excluding carboxylic acids is 1. The van der Waals surface area contributed by atoms with Gasteiger partial charge in [-0.05, 0) is 37.3 Å². The van der Waals surface area contributed by atoms with Crippen molar-refractivity contribution in [3.8, 4) is 17.2 Å². The third-order valence-corrected chi connectivity index (χ3v) is 6.05. The standard InChI is InChI=1S/C21H20FN3O3S/c1-12-19-20(16-9-8-15(27-2)10-17(16)28-3)29-11-18(26)23-21(19)25(24-12)14-6-4-13(22)5-7-14/h4-10,20H,11H2,1-3H3,(H,23,26). The highest BCUT2D eigenvalue weighted by molar-refractivity contribution is 8.00. The Kier molecular flexibility index (Phi) is 5.19. The molecule has 0 radical (unpaired) electrons. The van der Waals surface area contributed by atoms with Crippen LogP contribution < -0.4 is 14.8 Å². The Bertz CT molecular complexity index is 1070. The lowest BCUT2D eigenvalue weighted by Gasteiger charge is -2.19. The zero-order valence-electron chi connectivity index (χ0n) is 16.2. The lowest BCUT2D eigenvalue weighted by Crippen LogP contribution is -2.15. The van der Waals surface area contributed by atoms with Crippen molar-refractivity contribution in [3.05, 3.63) is 65.1 Å². The highest BCUT2D eigenvalue weighted by Gasteiger charge is 2.32. The number of nitrogens with one attached hydrogen (secondary N) is 1. The van der Waals surface area contributed by atoms with Gasteiger partial charge in [-0.1, -0.05) is 6.07 Å². The lowest BCUT2D eigenvalue weighted by atomic mass is 10.0. The van der Waals surface area contributed by atoms with E-state index in [1.54, 1.807) is 31.0 Å². The number of methoxy groups -OCH3 is 2. The molecule has 0 bridgehead atoms. The summed E-state index contributed by atoms with van der Waals surface area (Å²) in [6.45, 7) is 1.90. The number of carbonyl (C=O) groups is 1. The maximum Gasteiger partial charge on any atom is 0.235 e. The van der Waals surface area contributed by atoms with E-state index in [0.717, 1.165) is 16.8 Å². The van der Waals surface area contributed by atoms with Gasteiger partial charge in [-0.2, -0.15) is 5.10 Å². The fraction of sp³-hybridized carbons (Fsp3) is 0.238. The van der Waals surface area contributed by atoms with Gasteiger partial charge in [-0.25, -0.2) is 9.07 Å². The molecule has 150 valence electrons. The molecule has 3 aromatic rings. The molecular weight excluding hydrogens is 393 g/mol. The summed E-state index contributed by atoms with van der Waals surface area (Å²) < 4.78 is 25.9. The average Bonchev–Trinajstić information content (AvgIpc) is 2.93. The van der Waals surface area contributed by atoms with E-state index in [0.29, 0.717) is 23.0 Å². The highest BCUT2D eigenvalue weighted by Crippen LogP contribution is 2.47. The fourth-order valence-corrected chi connectivity index (χ4v) is 4.65. The average molecular weight is 413 g/mol. The van der Waals surface area contributed by atoms with Crippen LogP contribution in [0.25, 0.3) is 5.69 Å². The topological polar surface area (TPSA) is 65.4 Å². The number of rotatable bonds is 4. The van der Waals surface area contributed by atoms with Crippen LogP contribution >= 0.6 is 11.8 Å². The van der Waals surface area contributed by atoms with Crippen LogP contribution in [0.2, 0.25) is 0 Å². The SMILES string of the molecule is COc1ccc(C2SCC(=O)Nc3c2c(C)nn3-c2ccc(F)cc2)c(OC)c1. The van der Waals surface area contributed by atoms with Crippen LogP contribution in [0.1, 0.15) is 22.1 Å². The van der Waals surface area contributed by atoms with Gasteiger partial charge < -0.3 is 14.8 Å². The molecule has 0 saturated carbocycles. The minimum Gasteiger partial charge on any atom is -0.497 e. The first-order valence-corrected chi connectivity index (χ1v) is 10.1. The molecule has 6 nitrogen and oxygen atoms in total. The normalized spacial score (nSPS) is 16.0. The van der Waals surface area contributed by atoms with Crippen LogP contribution in [0.15, 0.2) is 42.5 Å². The van der Waals surface area contributed by atoms with Gasteiger partial charge in [0.15, 0.2) is 0 Å². The van der Waals surface area contributed by atoms with Crippen LogP contribution in [-0.2, 0) is 4.79 Å². The summed E-state index contributed by atoms with van der Waals surface area (Å²) >= 11 is 1.51. The second-order valence-corrected chi connectivity index (χ2v) is 7.68. The number of thioether (sulfide) groups is 1. The molecule has 29 heavy (non-hydrogen) atoms. The molecule has 2 aromatic carbocycles. The lowest BCUT2D eigenvalue weighted by molar-refractivity contribution is -0.113. The van der Waals surface area contributed by atoms with Crippen molar-refractivity contribution in [1.82, 2.24) is 9.78 Å². The maximum atomic E-state index is 13.4. The largest absolute Gasteiger partial charge is 0.497 e. The molecule has 0 saturated heterocycles. The number of aromatic nitrogens is 2. The van der Waals surface area contributed by atoms with Crippen molar-refractivity contribution >= 4 is 23.5 Å². The highest BCUT2D eigenvalue weighted by atomic mass is 32.2. The van der Waals surface area contributed by atoms with E-state index in [-0.39, 0.29) is 22.7 Å². The van der Waals surface area contributed by atoms with E-state index in [2.05, 4.69) is 10.4 Å². The summed E-state index contributed by atoms with van der Waals surface area (Å²) in [4.78, 5) is 12.4. The monoisotopic (exact) mass is 413 g/mol. The molecule has 1 amide bonds. The first-order chi connectivity index (χ1) is 14.0. The maximum absolute atomic E-state index is 13.4. The summed E-state index contributed by atoms with van der Waals surface area (Å²) in [5, 5.41) is 7.43. The molecule has 0 fully saturated rings. The number of aryl methyl sites for hydroxylation is 1. The van der Waals surface area contributed by atoms with Crippen LogP contribution in [0.4, 0.5) is 10.2 Å².